The molecule has 0 bridgehead atoms. The Labute approximate surface area is 127 Å². The SMILES string of the molecule is CCC(F)C(F)(F)Oc1ccc(CNC2CCNC2=O)cc1. The maximum absolute atomic E-state index is 13.3. The number of benzene rings is 1. The smallest absolute Gasteiger partial charge is 0.429 e. The number of carbonyl (C=O) groups is 1. The number of hydrogen-bond donors (Lipinski definition) is 2. The van der Waals surface area contributed by atoms with E-state index in [1.807, 2.05) is 0 Å². The van der Waals surface area contributed by atoms with Gasteiger partial charge in [-0.25, -0.2) is 4.39 Å². The first-order valence-corrected chi connectivity index (χ1v) is 7.23. The summed E-state index contributed by atoms with van der Waals surface area (Å²) in [6, 6.07) is 5.70. The molecule has 4 nitrogen and oxygen atoms in total. The highest BCUT2D eigenvalue weighted by atomic mass is 19.3. The number of amides is 1. The normalized spacial score (nSPS) is 19.8. The maximum atomic E-state index is 13.3. The molecule has 1 aliphatic heterocycles. The van der Waals surface area contributed by atoms with Crippen molar-refractivity contribution in [3.63, 3.8) is 0 Å². The van der Waals surface area contributed by atoms with Gasteiger partial charge < -0.3 is 15.4 Å². The quantitative estimate of drug-likeness (QED) is 0.812. The van der Waals surface area contributed by atoms with Crippen LogP contribution in [-0.4, -0.2) is 30.8 Å². The Morgan fingerprint density at radius 1 is 1.41 bits per heavy atom. The van der Waals surface area contributed by atoms with Gasteiger partial charge in [0.05, 0.1) is 6.04 Å². The maximum Gasteiger partial charge on any atom is 0.429 e. The summed E-state index contributed by atoms with van der Waals surface area (Å²) < 4.78 is 44.2. The molecule has 0 saturated carbocycles. The lowest BCUT2D eigenvalue weighted by molar-refractivity contribution is -0.220. The van der Waals surface area contributed by atoms with Crippen LogP contribution in [0.2, 0.25) is 0 Å². The van der Waals surface area contributed by atoms with E-state index in [9.17, 15) is 18.0 Å². The van der Waals surface area contributed by atoms with E-state index in [-0.39, 0.29) is 24.1 Å². The second-order valence-corrected chi connectivity index (χ2v) is 5.20. The molecular formula is C15H19F3N2O2. The van der Waals surface area contributed by atoms with Gasteiger partial charge in [-0.05, 0) is 30.5 Å². The zero-order valence-corrected chi connectivity index (χ0v) is 12.2. The van der Waals surface area contributed by atoms with Gasteiger partial charge in [-0.1, -0.05) is 19.1 Å². The van der Waals surface area contributed by atoms with E-state index in [2.05, 4.69) is 15.4 Å². The fourth-order valence-corrected chi connectivity index (χ4v) is 2.16. The molecule has 2 rings (SSSR count). The second-order valence-electron chi connectivity index (χ2n) is 5.20. The monoisotopic (exact) mass is 316 g/mol. The first-order valence-electron chi connectivity index (χ1n) is 7.23. The van der Waals surface area contributed by atoms with Crippen LogP contribution in [0.5, 0.6) is 5.75 Å². The molecule has 1 fully saturated rings. The zero-order valence-electron chi connectivity index (χ0n) is 12.2. The summed E-state index contributed by atoms with van der Waals surface area (Å²) in [5.74, 6) is -0.128. The highest BCUT2D eigenvalue weighted by Crippen LogP contribution is 2.28. The Balaban J connectivity index is 1.88. The topological polar surface area (TPSA) is 50.4 Å². The van der Waals surface area contributed by atoms with Crippen molar-refractivity contribution in [1.29, 1.82) is 0 Å². The lowest BCUT2D eigenvalue weighted by Gasteiger charge is -2.20. The molecule has 22 heavy (non-hydrogen) atoms. The van der Waals surface area contributed by atoms with Crippen molar-refractivity contribution in [3.05, 3.63) is 29.8 Å². The molecule has 1 aliphatic rings. The fourth-order valence-electron chi connectivity index (χ4n) is 2.16. The van der Waals surface area contributed by atoms with Gasteiger partial charge in [-0.15, -0.1) is 0 Å². The zero-order chi connectivity index (χ0) is 16.2. The lowest BCUT2D eigenvalue weighted by atomic mass is 10.2. The molecule has 1 amide bonds. The second kappa shape index (κ2) is 7.00. The first-order chi connectivity index (χ1) is 10.4. The standard InChI is InChI=1S/C15H19F3N2O2/c1-2-13(16)15(17,18)22-11-5-3-10(4-6-11)9-20-12-7-8-19-14(12)21/h3-6,12-13,20H,2,7-9H2,1H3,(H,19,21). The van der Waals surface area contributed by atoms with Crippen LogP contribution in [-0.2, 0) is 11.3 Å². The predicted molar refractivity (Wildman–Crippen MR) is 75.5 cm³/mol. The third kappa shape index (κ3) is 4.13. The summed E-state index contributed by atoms with van der Waals surface area (Å²) in [5.41, 5.74) is 0.822. The Bertz CT molecular complexity index is 508. The Hall–Kier alpha value is -1.76. The Kier molecular flexibility index (Phi) is 5.28. The molecule has 1 heterocycles. The number of nitrogens with one attached hydrogen (secondary N) is 2. The summed E-state index contributed by atoms with van der Waals surface area (Å²) in [7, 11) is 0. The first kappa shape index (κ1) is 16.6. The highest BCUT2D eigenvalue weighted by Gasteiger charge is 2.41. The number of rotatable bonds is 7. The van der Waals surface area contributed by atoms with Crippen molar-refractivity contribution in [2.45, 2.75) is 44.6 Å². The van der Waals surface area contributed by atoms with Gasteiger partial charge in [0.1, 0.15) is 5.75 Å². The van der Waals surface area contributed by atoms with E-state index in [4.69, 9.17) is 0 Å². The predicted octanol–water partition coefficient (Wildman–Crippen LogP) is 2.38. The van der Waals surface area contributed by atoms with E-state index in [1.54, 1.807) is 12.1 Å². The summed E-state index contributed by atoms with van der Waals surface area (Å²) in [4.78, 5) is 11.4. The minimum absolute atomic E-state index is 0.0341. The molecule has 0 radical (unpaired) electrons. The number of ether oxygens (including phenoxy) is 1. The Morgan fingerprint density at radius 2 is 2.09 bits per heavy atom. The number of carbonyl (C=O) groups excluding carboxylic acids is 1. The number of alkyl halides is 3. The molecule has 122 valence electrons. The molecule has 2 unspecified atom stereocenters. The van der Waals surface area contributed by atoms with Crippen molar-refractivity contribution in [1.82, 2.24) is 10.6 Å². The van der Waals surface area contributed by atoms with Crippen LogP contribution in [0, 0.1) is 0 Å². The van der Waals surface area contributed by atoms with E-state index in [0.717, 1.165) is 12.0 Å². The molecule has 1 saturated heterocycles. The number of hydrogen-bond acceptors (Lipinski definition) is 3. The number of halogens is 3. The molecule has 2 N–H and O–H groups in total. The van der Waals surface area contributed by atoms with Crippen LogP contribution >= 0.6 is 0 Å². The summed E-state index contributed by atoms with van der Waals surface area (Å²) in [5, 5.41) is 5.80. The van der Waals surface area contributed by atoms with Gasteiger partial charge in [0.2, 0.25) is 12.1 Å². The molecule has 0 aromatic heterocycles. The van der Waals surface area contributed by atoms with E-state index in [1.165, 1.54) is 19.1 Å². The average molecular weight is 316 g/mol. The van der Waals surface area contributed by atoms with E-state index in [0.29, 0.717) is 13.1 Å². The molecule has 1 aromatic rings. The molecule has 0 aliphatic carbocycles. The van der Waals surface area contributed by atoms with Crippen molar-refractivity contribution < 1.29 is 22.7 Å². The fraction of sp³-hybridized carbons (Fsp3) is 0.533. The summed E-state index contributed by atoms with van der Waals surface area (Å²) in [6.07, 6.45) is -5.77. The van der Waals surface area contributed by atoms with Gasteiger partial charge >= 0.3 is 6.11 Å². The van der Waals surface area contributed by atoms with Gasteiger partial charge in [0, 0.05) is 13.1 Å². The Morgan fingerprint density at radius 3 is 2.64 bits per heavy atom. The molecular weight excluding hydrogens is 297 g/mol. The molecule has 7 heteroatoms. The van der Waals surface area contributed by atoms with Gasteiger partial charge in [0.25, 0.3) is 0 Å². The van der Waals surface area contributed by atoms with Crippen molar-refractivity contribution in [2.75, 3.05) is 6.54 Å². The summed E-state index contributed by atoms with van der Waals surface area (Å²) in [6.45, 7) is 2.42. The van der Waals surface area contributed by atoms with Gasteiger partial charge in [-0.3, -0.25) is 4.79 Å². The van der Waals surface area contributed by atoms with Crippen molar-refractivity contribution in [2.24, 2.45) is 0 Å². The minimum Gasteiger partial charge on any atom is -0.430 e. The molecule has 1 aromatic carbocycles. The highest BCUT2D eigenvalue weighted by molar-refractivity contribution is 5.83. The van der Waals surface area contributed by atoms with Crippen molar-refractivity contribution in [3.8, 4) is 5.75 Å². The van der Waals surface area contributed by atoms with E-state index < -0.39 is 12.3 Å². The summed E-state index contributed by atoms with van der Waals surface area (Å²) >= 11 is 0. The van der Waals surface area contributed by atoms with Crippen LogP contribution in [0.1, 0.15) is 25.3 Å². The van der Waals surface area contributed by atoms with Crippen LogP contribution in [0.4, 0.5) is 13.2 Å². The minimum atomic E-state index is -3.84. The molecule has 0 spiro atoms. The average Bonchev–Trinajstić information content (AvgIpc) is 2.90. The van der Waals surface area contributed by atoms with Crippen LogP contribution in [0.3, 0.4) is 0 Å². The van der Waals surface area contributed by atoms with Crippen molar-refractivity contribution >= 4 is 5.91 Å². The third-order valence-electron chi connectivity index (χ3n) is 3.50. The van der Waals surface area contributed by atoms with E-state index >= 15 is 0 Å². The third-order valence-corrected chi connectivity index (χ3v) is 3.50. The van der Waals surface area contributed by atoms with Crippen LogP contribution < -0.4 is 15.4 Å². The molecule has 2 atom stereocenters. The largest absolute Gasteiger partial charge is 0.430 e. The van der Waals surface area contributed by atoms with Gasteiger partial charge in [-0.2, -0.15) is 8.78 Å². The van der Waals surface area contributed by atoms with Gasteiger partial charge in [0.15, 0.2) is 0 Å². The van der Waals surface area contributed by atoms with Crippen LogP contribution in [0.15, 0.2) is 24.3 Å². The lowest BCUT2D eigenvalue weighted by Crippen LogP contribution is -2.36. The van der Waals surface area contributed by atoms with Crippen LogP contribution in [0.25, 0.3) is 0 Å².